The number of nitrogens with one attached hydrogen (secondary N) is 1. The van der Waals surface area contributed by atoms with Crippen molar-refractivity contribution in [2.45, 2.75) is 58.6 Å². The zero-order chi connectivity index (χ0) is 12.3. The van der Waals surface area contributed by atoms with E-state index in [4.69, 9.17) is 4.74 Å². The Kier molecular flexibility index (Phi) is 3.94. The fraction of sp³-hybridized carbons (Fsp3) is 0.833. The van der Waals surface area contributed by atoms with Crippen molar-refractivity contribution >= 4 is 11.9 Å². The third-order valence-corrected chi connectivity index (χ3v) is 2.31. The fourth-order valence-electron chi connectivity index (χ4n) is 1.33. The lowest BCUT2D eigenvalue weighted by atomic mass is 10.2. The van der Waals surface area contributed by atoms with Gasteiger partial charge in [-0.1, -0.05) is 0 Å². The Bertz CT molecular complexity index is 276. The van der Waals surface area contributed by atoms with Gasteiger partial charge in [-0.25, -0.2) is 4.79 Å². The van der Waals surface area contributed by atoms with Crippen molar-refractivity contribution in [3.05, 3.63) is 0 Å². The third-order valence-electron chi connectivity index (χ3n) is 2.31. The minimum atomic E-state index is -0.564. The van der Waals surface area contributed by atoms with Crippen molar-refractivity contribution in [1.82, 2.24) is 5.32 Å². The van der Waals surface area contributed by atoms with Gasteiger partial charge in [0.2, 0.25) is 5.91 Å². The first-order valence-electron chi connectivity index (χ1n) is 5.80. The van der Waals surface area contributed by atoms with Crippen LogP contribution in [0.15, 0.2) is 0 Å². The highest BCUT2D eigenvalue weighted by Gasteiger charge is 2.27. The highest BCUT2D eigenvalue weighted by atomic mass is 16.6. The number of ether oxygens (including phenoxy) is 1. The standard InChI is InChI=1S/C12H21NO3/c1-8(11(15)16-12(2,3)4)13-10(14)7-9-5-6-9/h8-9H,5-7H2,1-4H3,(H,13,14)/t8-/m1/s1. The molecule has 1 saturated carbocycles. The van der Waals surface area contributed by atoms with E-state index in [1.165, 1.54) is 0 Å². The molecule has 0 aromatic rings. The van der Waals surface area contributed by atoms with Gasteiger partial charge < -0.3 is 10.1 Å². The number of amides is 1. The first-order valence-corrected chi connectivity index (χ1v) is 5.80. The summed E-state index contributed by atoms with van der Waals surface area (Å²) in [6, 6.07) is -0.564. The van der Waals surface area contributed by atoms with Crippen LogP contribution in [-0.4, -0.2) is 23.5 Å². The molecule has 0 saturated heterocycles. The smallest absolute Gasteiger partial charge is 0.328 e. The van der Waals surface area contributed by atoms with Gasteiger partial charge in [0.05, 0.1) is 0 Å². The van der Waals surface area contributed by atoms with E-state index in [-0.39, 0.29) is 11.9 Å². The number of carbonyl (C=O) groups excluding carboxylic acids is 2. The number of esters is 1. The molecule has 0 aromatic heterocycles. The Morgan fingerprint density at radius 1 is 1.38 bits per heavy atom. The van der Waals surface area contributed by atoms with E-state index in [0.717, 1.165) is 12.8 Å². The number of hydrogen-bond donors (Lipinski definition) is 1. The molecule has 4 nitrogen and oxygen atoms in total. The molecule has 1 N–H and O–H groups in total. The lowest BCUT2D eigenvalue weighted by Crippen LogP contribution is -2.42. The first-order chi connectivity index (χ1) is 7.28. The van der Waals surface area contributed by atoms with E-state index in [9.17, 15) is 9.59 Å². The van der Waals surface area contributed by atoms with Crippen molar-refractivity contribution < 1.29 is 14.3 Å². The minimum absolute atomic E-state index is 0.0548. The monoisotopic (exact) mass is 227 g/mol. The second kappa shape index (κ2) is 4.85. The number of hydrogen-bond acceptors (Lipinski definition) is 3. The molecule has 0 spiro atoms. The molecule has 0 aromatic carbocycles. The molecule has 0 aliphatic heterocycles. The van der Waals surface area contributed by atoms with Crippen LogP contribution in [0.4, 0.5) is 0 Å². The average Bonchev–Trinajstić information content (AvgIpc) is 2.84. The zero-order valence-electron chi connectivity index (χ0n) is 10.5. The van der Waals surface area contributed by atoms with E-state index in [2.05, 4.69) is 5.32 Å². The summed E-state index contributed by atoms with van der Waals surface area (Å²) in [5.41, 5.74) is -0.507. The highest BCUT2D eigenvalue weighted by molar-refractivity contribution is 5.84. The Morgan fingerprint density at radius 3 is 2.38 bits per heavy atom. The fourth-order valence-corrected chi connectivity index (χ4v) is 1.33. The van der Waals surface area contributed by atoms with E-state index < -0.39 is 11.6 Å². The molecule has 16 heavy (non-hydrogen) atoms. The maximum absolute atomic E-state index is 11.6. The maximum atomic E-state index is 11.6. The summed E-state index contributed by atoms with van der Waals surface area (Å²) in [5, 5.41) is 2.66. The Hall–Kier alpha value is -1.06. The molecule has 1 rings (SSSR count). The molecule has 1 aliphatic carbocycles. The molecule has 4 heteroatoms. The summed E-state index contributed by atoms with van der Waals surface area (Å²) in [6.07, 6.45) is 2.80. The van der Waals surface area contributed by atoms with E-state index in [1.807, 2.05) is 20.8 Å². The van der Waals surface area contributed by atoms with Crippen molar-refractivity contribution in [3.63, 3.8) is 0 Å². The second-order valence-electron chi connectivity index (χ2n) is 5.47. The van der Waals surface area contributed by atoms with E-state index in [0.29, 0.717) is 12.3 Å². The van der Waals surface area contributed by atoms with Crippen LogP contribution >= 0.6 is 0 Å². The minimum Gasteiger partial charge on any atom is -0.458 e. The van der Waals surface area contributed by atoms with E-state index in [1.54, 1.807) is 6.92 Å². The topological polar surface area (TPSA) is 55.4 Å². The van der Waals surface area contributed by atoms with Crippen molar-refractivity contribution in [2.75, 3.05) is 0 Å². The van der Waals surface area contributed by atoms with Gasteiger partial charge in [0.15, 0.2) is 0 Å². The van der Waals surface area contributed by atoms with Crippen LogP contribution in [0, 0.1) is 5.92 Å². The van der Waals surface area contributed by atoms with Crippen LogP contribution < -0.4 is 5.32 Å². The lowest BCUT2D eigenvalue weighted by molar-refractivity contribution is -0.158. The Morgan fingerprint density at radius 2 is 1.94 bits per heavy atom. The number of carbonyl (C=O) groups is 2. The molecule has 0 heterocycles. The van der Waals surface area contributed by atoms with Crippen molar-refractivity contribution in [1.29, 1.82) is 0 Å². The first kappa shape index (κ1) is 13.0. The zero-order valence-corrected chi connectivity index (χ0v) is 10.5. The molecule has 0 radical (unpaired) electrons. The normalized spacial score (nSPS) is 17.8. The van der Waals surface area contributed by atoms with Gasteiger partial charge in [0, 0.05) is 6.42 Å². The molecule has 0 unspecified atom stereocenters. The summed E-state index contributed by atoms with van der Waals surface area (Å²) < 4.78 is 5.17. The van der Waals surface area contributed by atoms with Gasteiger partial charge in [-0.3, -0.25) is 4.79 Å². The van der Waals surface area contributed by atoms with Crippen LogP contribution in [0.5, 0.6) is 0 Å². The van der Waals surface area contributed by atoms with Gasteiger partial charge in [-0.15, -0.1) is 0 Å². The molecular weight excluding hydrogens is 206 g/mol. The van der Waals surface area contributed by atoms with Gasteiger partial charge in [0.25, 0.3) is 0 Å². The Balaban J connectivity index is 2.29. The third kappa shape index (κ3) is 5.14. The largest absolute Gasteiger partial charge is 0.458 e. The number of rotatable bonds is 4. The highest BCUT2D eigenvalue weighted by Crippen LogP contribution is 2.32. The molecular formula is C12H21NO3. The SMILES string of the molecule is C[C@@H](NC(=O)CC1CC1)C(=O)OC(C)(C)C. The van der Waals surface area contributed by atoms with Gasteiger partial charge in [-0.2, -0.15) is 0 Å². The van der Waals surface area contributed by atoms with Crippen molar-refractivity contribution in [3.8, 4) is 0 Å². The summed E-state index contributed by atoms with van der Waals surface area (Å²) in [6.45, 7) is 7.08. The van der Waals surface area contributed by atoms with Gasteiger partial charge in [-0.05, 0) is 46.5 Å². The molecule has 1 amide bonds. The Labute approximate surface area is 96.7 Å². The van der Waals surface area contributed by atoms with Crippen molar-refractivity contribution in [2.24, 2.45) is 5.92 Å². The molecule has 1 aliphatic rings. The summed E-state index contributed by atoms with van der Waals surface area (Å²) in [4.78, 5) is 23.0. The van der Waals surface area contributed by atoms with Crippen LogP contribution in [0.25, 0.3) is 0 Å². The van der Waals surface area contributed by atoms with Gasteiger partial charge >= 0.3 is 5.97 Å². The summed E-state index contributed by atoms with van der Waals surface area (Å²) in [7, 11) is 0. The summed E-state index contributed by atoms with van der Waals surface area (Å²) >= 11 is 0. The average molecular weight is 227 g/mol. The predicted molar refractivity (Wildman–Crippen MR) is 60.8 cm³/mol. The molecule has 0 bridgehead atoms. The molecule has 92 valence electrons. The molecule has 1 atom stereocenters. The lowest BCUT2D eigenvalue weighted by Gasteiger charge is -2.22. The van der Waals surface area contributed by atoms with Crippen LogP contribution in [0.3, 0.4) is 0 Å². The molecule has 1 fully saturated rings. The summed E-state index contributed by atoms with van der Waals surface area (Å²) in [5.74, 6) is 0.100. The van der Waals surface area contributed by atoms with Crippen LogP contribution in [0.2, 0.25) is 0 Å². The second-order valence-corrected chi connectivity index (χ2v) is 5.47. The van der Waals surface area contributed by atoms with Crippen LogP contribution in [-0.2, 0) is 14.3 Å². The quantitative estimate of drug-likeness (QED) is 0.743. The predicted octanol–water partition coefficient (Wildman–Crippen LogP) is 1.63. The van der Waals surface area contributed by atoms with E-state index >= 15 is 0 Å². The maximum Gasteiger partial charge on any atom is 0.328 e. The van der Waals surface area contributed by atoms with Crippen LogP contribution in [0.1, 0.15) is 47.0 Å². The van der Waals surface area contributed by atoms with Gasteiger partial charge in [0.1, 0.15) is 11.6 Å².